The van der Waals surface area contributed by atoms with Gasteiger partial charge in [0, 0.05) is 7.05 Å². The number of rotatable bonds is 9. The van der Waals surface area contributed by atoms with Crippen LogP contribution < -0.4 is 14.9 Å². The number of hydrogen-bond donors (Lipinski definition) is 1. The van der Waals surface area contributed by atoms with E-state index in [0.29, 0.717) is 27.2 Å². The molecule has 0 aliphatic rings. The van der Waals surface area contributed by atoms with Crippen molar-refractivity contribution in [2.45, 2.75) is 11.3 Å². The zero-order chi connectivity index (χ0) is 24.8. The summed E-state index contributed by atoms with van der Waals surface area (Å²) in [5.41, 5.74) is 4.42. The van der Waals surface area contributed by atoms with Crippen molar-refractivity contribution in [3.63, 3.8) is 0 Å². The van der Waals surface area contributed by atoms with Gasteiger partial charge in [0.1, 0.15) is 11.5 Å². The molecule has 1 N–H and O–H groups in total. The smallest absolute Gasteiger partial charge is 0.363 e. The summed E-state index contributed by atoms with van der Waals surface area (Å²) >= 11 is 4.89. The topological polar surface area (TPSA) is 108 Å². The Hall–Kier alpha value is -2.97. The van der Waals surface area contributed by atoms with E-state index in [1.54, 1.807) is 37.5 Å². The van der Waals surface area contributed by atoms with Crippen molar-refractivity contribution in [3.8, 4) is 11.5 Å². The molecule has 35 heavy (non-hydrogen) atoms. The number of hydrazone groups is 1. The molecule has 0 spiro atoms. The molecule has 180 valence electrons. The number of carbonyl (C=O) groups excluding carboxylic acids is 2. The second-order valence-electron chi connectivity index (χ2n) is 7.05. The van der Waals surface area contributed by atoms with Crippen LogP contribution in [0.5, 0.6) is 11.5 Å². The Morgan fingerprint density at radius 3 is 2.89 bits per heavy atom. The number of ether oxygens (including phenoxy) is 2. The number of halogens is 1. The van der Waals surface area contributed by atoms with Gasteiger partial charge in [0.25, 0.3) is 5.91 Å². The van der Waals surface area contributed by atoms with E-state index in [-0.39, 0.29) is 11.7 Å². The molecule has 4 rings (SSSR count). The largest absolute Gasteiger partial charge is 0.494 e. The molecule has 0 radical (unpaired) electrons. The zero-order valence-corrected chi connectivity index (χ0v) is 22.5. The normalized spacial score (nSPS) is 11.2. The maximum absolute atomic E-state index is 12.4. The van der Waals surface area contributed by atoms with E-state index in [4.69, 9.17) is 9.47 Å². The van der Waals surface area contributed by atoms with Crippen molar-refractivity contribution in [3.05, 3.63) is 63.5 Å². The van der Waals surface area contributed by atoms with Gasteiger partial charge in [-0.25, -0.2) is 15.2 Å². The molecule has 2 aromatic heterocycles. The molecule has 12 heteroatoms. The van der Waals surface area contributed by atoms with E-state index in [9.17, 15) is 9.59 Å². The van der Waals surface area contributed by atoms with E-state index in [1.807, 2.05) is 47.7 Å². The minimum absolute atomic E-state index is 0.177. The van der Waals surface area contributed by atoms with E-state index >= 15 is 0 Å². The molecule has 0 unspecified atom stereocenters. The van der Waals surface area contributed by atoms with Crippen LogP contribution in [0.1, 0.15) is 23.0 Å². The van der Waals surface area contributed by atoms with Gasteiger partial charge < -0.3 is 9.47 Å². The summed E-state index contributed by atoms with van der Waals surface area (Å²) in [6.45, 7) is 2.54. The first kappa shape index (κ1) is 25.1. The first-order valence-electron chi connectivity index (χ1n) is 10.4. The number of aryl methyl sites for hydroxylation is 1. The van der Waals surface area contributed by atoms with Gasteiger partial charge in [0.2, 0.25) is 0 Å². The lowest BCUT2D eigenvalue weighted by Crippen LogP contribution is -2.19. The van der Waals surface area contributed by atoms with Crippen molar-refractivity contribution in [1.29, 1.82) is 0 Å². The van der Waals surface area contributed by atoms with Gasteiger partial charge in [-0.3, -0.25) is 9.48 Å². The quantitative estimate of drug-likeness (QED) is 0.0733. The Bertz CT molecular complexity index is 1380. The van der Waals surface area contributed by atoms with Crippen molar-refractivity contribution in [2.75, 3.05) is 12.4 Å². The van der Waals surface area contributed by atoms with Crippen LogP contribution in [-0.4, -0.2) is 45.2 Å². The summed E-state index contributed by atoms with van der Waals surface area (Å²) in [7, 11) is 1.68. The average Bonchev–Trinajstić information content (AvgIpc) is 3.39. The van der Waals surface area contributed by atoms with Gasteiger partial charge in [0.05, 0.1) is 38.6 Å². The van der Waals surface area contributed by atoms with E-state index < -0.39 is 5.97 Å². The predicted octanol–water partition coefficient (Wildman–Crippen LogP) is 4.49. The number of amides is 1. The molecule has 1 amide bonds. The lowest BCUT2D eigenvalue weighted by atomic mass is 10.2. The summed E-state index contributed by atoms with van der Waals surface area (Å²) in [6, 6.07) is 12.6. The number of hydrogen-bond acceptors (Lipinski definition) is 9. The monoisotopic (exact) mass is 621 g/mol. The maximum Gasteiger partial charge on any atom is 0.363 e. The van der Waals surface area contributed by atoms with Gasteiger partial charge in [-0.2, -0.15) is 10.2 Å². The van der Waals surface area contributed by atoms with Crippen LogP contribution in [-0.2, 0) is 11.8 Å². The molecule has 0 saturated carbocycles. The van der Waals surface area contributed by atoms with Crippen LogP contribution in [0, 0.1) is 3.57 Å². The van der Waals surface area contributed by atoms with Gasteiger partial charge in [-0.05, 0) is 65.4 Å². The standard InChI is InChI=1S/C23H20IN5O4S2/c1-3-32-15-7-8-18-19(10-15)35-23(27-18)34-13-20(30)28-25-11-14-5-4-6-16(9-14)33-22(31)21-17(24)12-26-29(21)2/h4-12H,3,13H2,1-2H3,(H,28,30)/b25-11-. The third-order valence-corrected chi connectivity index (χ3v) is 7.49. The Morgan fingerprint density at radius 2 is 2.11 bits per heavy atom. The lowest BCUT2D eigenvalue weighted by Gasteiger charge is -2.06. The highest BCUT2D eigenvalue weighted by molar-refractivity contribution is 14.1. The Labute approximate surface area is 223 Å². The summed E-state index contributed by atoms with van der Waals surface area (Å²) in [6.07, 6.45) is 3.08. The molecule has 2 aromatic carbocycles. The summed E-state index contributed by atoms with van der Waals surface area (Å²) in [5.74, 6) is 0.585. The fourth-order valence-corrected chi connectivity index (χ4v) is 5.58. The minimum Gasteiger partial charge on any atom is -0.494 e. The number of nitrogens with one attached hydrogen (secondary N) is 1. The summed E-state index contributed by atoms with van der Waals surface area (Å²) in [4.78, 5) is 29.2. The molecule has 0 atom stereocenters. The van der Waals surface area contributed by atoms with E-state index in [0.717, 1.165) is 20.3 Å². The van der Waals surface area contributed by atoms with Crippen LogP contribution in [0.3, 0.4) is 0 Å². The molecule has 0 saturated heterocycles. The van der Waals surface area contributed by atoms with Crippen LogP contribution in [0.4, 0.5) is 0 Å². The van der Waals surface area contributed by atoms with E-state index in [2.05, 4.69) is 20.6 Å². The first-order valence-corrected chi connectivity index (χ1v) is 13.3. The van der Waals surface area contributed by atoms with Gasteiger partial charge >= 0.3 is 5.97 Å². The number of thiazole rings is 1. The zero-order valence-electron chi connectivity index (χ0n) is 18.7. The SMILES string of the molecule is CCOc1ccc2nc(SCC(=O)N/N=C\c3cccc(OC(=O)c4c(I)cnn4C)c3)sc2c1. The molecule has 2 heterocycles. The molecule has 0 fully saturated rings. The highest BCUT2D eigenvalue weighted by Gasteiger charge is 2.17. The highest BCUT2D eigenvalue weighted by Crippen LogP contribution is 2.31. The second-order valence-corrected chi connectivity index (χ2v) is 10.5. The number of benzene rings is 2. The number of esters is 1. The fourth-order valence-electron chi connectivity index (χ4n) is 2.99. The van der Waals surface area contributed by atoms with Crippen molar-refractivity contribution < 1.29 is 19.1 Å². The highest BCUT2D eigenvalue weighted by atomic mass is 127. The molecular weight excluding hydrogens is 601 g/mol. The number of nitrogens with zero attached hydrogens (tertiary/aromatic N) is 4. The summed E-state index contributed by atoms with van der Waals surface area (Å²) in [5, 5.41) is 8.05. The van der Waals surface area contributed by atoms with Gasteiger partial charge in [-0.15, -0.1) is 11.3 Å². The summed E-state index contributed by atoms with van der Waals surface area (Å²) < 4.78 is 14.9. The number of aromatic nitrogens is 3. The number of carbonyl (C=O) groups is 2. The Kier molecular flexibility index (Phi) is 8.36. The second kappa shape index (κ2) is 11.6. The molecular formula is C23H20IN5O4S2. The number of thioether (sulfide) groups is 1. The van der Waals surface area contributed by atoms with E-state index in [1.165, 1.54) is 34.0 Å². The molecule has 0 aliphatic heterocycles. The van der Waals surface area contributed by atoms with Crippen LogP contribution in [0.15, 0.2) is 58.1 Å². The molecule has 9 nitrogen and oxygen atoms in total. The van der Waals surface area contributed by atoms with Gasteiger partial charge in [-0.1, -0.05) is 23.9 Å². The third-order valence-electron chi connectivity index (χ3n) is 4.54. The number of fused-ring (bicyclic) bond motifs is 1. The molecule has 0 bridgehead atoms. The Balaban J connectivity index is 1.29. The minimum atomic E-state index is -0.502. The maximum atomic E-state index is 12.4. The van der Waals surface area contributed by atoms with Crippen LogP contribution >= 0.6 is 45.7 Å². The van der Waals surface area contributed by atoms with Crippen molar-refractivity contribution in [2.24, 2.45) is 12.1 Å². The predicted molar refractivity (Wildman–Crippen MR) is 145 cm³/mol. The first-order chi connectivity index (χ1) is 16.9. The Morgan fingerprint density at radius 1 is 1.26 bits per heavy atom. The van der Waals surface area contributed by atoms with Crippen molar-refractivity contribution >= 4 is 74.0 Å². The van der Waals surface area contributed by atoms with Crippen LogP contribution in [0.25, 0.3) is 10.2 Å². The average molecular weight is 621 g/mol. The molecule has 4 aromatic rings. The fraction of sp³-hybridized carbons (Fsp3) is 0.174. The van der Waals surface area contributed by atoms with Crippen LogP contribution in [0.2, 0.25) is 0 Å². The third kappa shape index (κ3) is 6.58. The lowest BCUT2D eigenvalue weighted by molar-refractivity contribution is -0.118. The van der Waals surface area contributed by atoms with Gasteiger partial charge in [0.15, 0.2) is 10.0 Å². The van der Waals surface area contributed by atoms with Crippen molar-refractivity contribution in [1.82, 2.24) is 20.2 Å². The molecule has 0 aliphatic carbocycles.